The number of nitrogens with one attached hydrogen (secondary N) is 1. The molecule has 1 aromatic heterocycles. The van der Waals surface area contributed by atoms with Crippen LogP contribution >= 0.6 is 11.3 Å². The van der Waals surface area contributed by atoms with Crippen LogP contribution in [0.1, 0.15) is 23.3 Å². The molecule has 1 aliphatic rings. The summed E-state index contributed by atoms with van der Waals surface area (Å²) in [5, 5.41) is 4.88. The summed E-state index contributed by atoms with van der Waals surface area (Å²) >= 11 is 1.88. The number of hydrogen-bond acceptors (Lipinski definition) is 3. The van der Waals surface area contributed by atoms with Gasteiger partial charge in [0.15, 0.2) is 0 Å². The molecule has 0 spiro atoms. The van der Waals surface area contributed by atoms with Crippen molar-refractivity contribution in [2.24, 2.45) is 5.73 Å². The lowest BCUT2D eigenvalue weighted by atomic mass is 10.1. The molecule has 1 aliphatic carbocycles. The van der Waals surface area contributed by atoms with Gasteiger partial charge in [0.05, 0.1) is 0 Å². The molecule has 3 heteroatoms. The van der Waals surface area contributed by atoms with E-state index < -0.39 is 0 Å². The van der Waals surface area contributed by atoms with Gasteiger partial charge in [-0.15, -0.1) is 11.3 Å². The van der Waals surface area contributed by atoms with E-state index in [1.54, 1.807) is 0 Å². The molecule has 3 rings (SSSR count). The molecule has 0 unspecified atom stereocenters. The van der Waals surface area contributed by atoms with Gasteiger partial charge in [0.25, 0.3) is 0 Å². The highest BCUT2D eigenvalue weighted by Gasteiger charge is 2.20. The summed E-state index contributed by atoms with van der Waals surface area (Å²) in [5.41, 5.74) is 7.01. The third-order valence-corrected chi connectivity index (χ3v) is 4.27. The van der Waals surface area contributed by atoms with Crippen molar-refractivity contribution in [3.8, 4) is 0 Å². The highest BCUT2D eigenvalue weighted by Crippen LogP contribution is 2.29. The van der Waals surface area contributed by atoms with Crippen LogP contribution in [0.15, 0.2) is 24.3 Å². The van der Waals surface area contributed by atoms with E-state index in [2.05, 4.69) is 29.6 Å². The number of thiophene rings is 1. The molecule has 2 aromatic rings. The zero-order chi connectivity index (χ0) is 11.0. The highest BCUT2D eigenvalue weighted by molar-refractivity contribution is 7.19. The van der Waals surface area contributed by atoms with Crippen molar-refractivity contribution in [3.63, 3.8) is 0 Å². The predicted octanol–water partition coefficient (Wildman–Crippen LogP) is 2.61. The summed E-state index contributed by atoms with van der Waals surface area (Å²) in [6, 6.07) is 9.45. The maximum Gasteiger partial charge on any atom is 0.0391 e. The van der Waals surface area contributed by atoms with Crippen LogP contribution in [0.5, 0.6) is 0 Å². The number of nitrogens with two attached hydrogens (primary N) is 1. The zero-order valence-electron chi connectivity index (χ0n) is 9.20. The molecule has 1 saturated carbocycles. The summed E-state index contributed by atoms with van der Waals surface area (Å²) in [6.07, 6.45) is 2.69. The molecule has 84 valence electrons. The molecule has 0 aliphatic heterocycles. The van der Waals surface area contributed by atoms with Crippen molar-refractivity contribution >= 4 is 21.4 Å². The first-order valence-corrected chi connectivity index (χ1v) is 6.62. The van der Waals surface area contributed by atoms with E-state index >= 15 is 0 Å². The van der Waals surface area contributed by atoms with Gasteiger partial charge in [-0.2, -0.15) is 0 Å². The molecule has 1 heterocycles. The topological polar surface area (TPSA) is 38.0 Å². The minimum Gasteiger partial charge on any atom is -0.326 e. The van der Waals surface area contributed by atoms with Crippen LogP contribution in [-0.4, -0.2) is 6.04 Å². The van der Waals surface area contributed by atoms with Crippen LogP contribution in [0.3, 0.4) is 0 Å². The Hall–Kier alpha value is -0.900. The van der Waals surface area contributed by atoms with E-state index in [9.17, 15) is 0 Å². The minimum atomic E-state index is 0.632. The van der Waals surface area contributed by atoms with Crippen LogP contribution in [0.25, 0.3) is 10.1 Å². The van der Waals surface area contributed by atoms with E-state index in [1.807, 2.05) is 11.3 Å². The Kier molecular flexibility index (Phi) is 2.67. The van der Waals surface area contributed by atoms with Gasteiger partial charge in [0, 0.05) is 28.7 Å². The van der Waals surface area contributed by atoms with Gasteiger partial charge < -0.3 is 11.1 Å². The second kappa shape index (κ2) is 4.17. The van der Waals surface area contributed by atoms with Crippen LogP contribution in [0.4, 0.5) is 0 Å². The number of fused-ring (bicyclic) bond motifs is 1. The zero-order valence-corrected chi connectivity index (χ0v) is 10.0. The van der Waals surface area contributed by atoms with Crippen molar-refractivity contribution in [1.82, 2.24) is 5.32 Å². The lowest BCUT2D eigenvalue weighted by molar-refractivity contribution is 0.695. The lowest BCUT2D eigenvalue weighted by Crippen LogP contribution is -2.14. The molecule has 0 amide bonds. The van der Waals surface area contributed by atoms with Crippen LogP contribution in [0, 0.1) is 0 Å². The summed E-state index contributed by atoms with van der Waals surface area (Å²) in [7, 11) is 0. The molecule has 0 atom stereocenters. The first-order valence-electron chi connectivity index (χ1n) is 5.80. The van der Waals surface area contributed by atoms with Gasteiger partial charge in [-0.3, -0.25) is 0 Å². The second-order valence-corrected chi connectivity index (χ2v) is 5.54. The van der Waals surface area contributed by atoms with Gasteiger partial charge in [0.1, 0.15) is 0 Å². The Morgan fingerprint density at radius 1 is 1.38 bits per heavy atom. The third kappa shape index (κ3) is 1.98. The average Bonchev–Trinajstić information content (AvgIpc) is 3.04. The SMILES string of the molecule is NCc1cccc2cc(CNC3CC3)sc12. The molecule has 0 radical (unpaired) electrons. The molecule has 0 saturated heterocycles. The van der Waals surface area contributed by atoms with Crippen LogP contribution in [0.2, 0.25) is 0 Å². The van der Waals surface area contributed by atoms with Crippen molar-refractivity contribution in [2.75, 3.05) is 0 Å². The molecular formula is C13H16N2S. The lowest BCUT2D eigenvalue weighted by Gasteiger charge is -1.98. The number of rotatable bonds is 4. The standard InChI is InChI=1S/C13H16N2S/c14-7-10-3-1-2-9-6-12(16-13(9)10)8-15-11-4-5-11/h1-3,6,11,15H,4-5,7-8,14H2. The Bertz CT molecular complexity index is 500. The fraction of sp³-hybridized carbons (Fsp3) is 0.385. The Morgan fingerprint density at radius 2 is 2.25 bits per heavy atom. The average molecular weight is 232 g/mol. The molecule has 3 N–H and O–H groups in total. The van der Waals surface area contributed by atoms with Crippen molar-refractivity contribution < 1.29 is 0 Å². The number of hydrogen-bond donors (Lipinski definition) is 2. The van der Waals surface area contributed by atoms with E-state index in [4.69, 9.17) is 5.73 Å². The Morgan fingerprint density at radius 3 is 3.00 bits per heavy atom. The van der Waals surface area contributed by atoms with Gasteiger partial charge in [0.2, 0.25) is 0 Å². The van der Waals surface area contributed by atoms with E-state index in [0.717, 1.165) is 12.6 Å². The first-order chi connectivity index (χ1) is 7.86. The summed E-state index contributed by atoms with van der Waals surface area (Å²) in [5.74, 6) is 0. The summed E-state index contributed by atoms with van der Waals surface area (Å²) in [4.78, 5) is 1.42. The summed E-state index contributed by atoms with van der Waals surface area (Å²) < 4.78 is 1.36. The molecule has 1 aromatic carbocycles. The maximum atomic E-state index is 5.75. The minimum absolute atomic E-state index is 0.632. The molecule has 1 fully saturated rings. The monoisotopic (exact) mass is 232 g/mol. The largest absolute Gasteiger partial charge is 0.326 e. The van der Waals surface area contributed by atoms with E-state index in [1.165, 1.54) is 33.4 Å². The quantitative estimate of drug-likeness (QED) is 0.850. The summed E-state index contributed by atoms with van der Waals surface area (Å²) in [6.45, 7) is 1.64. The van der Waals surface area contributed by atoms with Gasteiger partial charge >= 0.3 is 0 Å². The second-order valence-electron chi connectivity index (χ2n) is 4.41. The molecule has 16 heavy (non-hydrogen) atoms. The molecular weight excluding hydrogens is 216 g/mol. The molecule has 0 bridgehead atoms. The highest BCUT2D eigenvalue weighted by atomic mass is 32.1. The maximum absolute atomic E-state index is 5.75. The number of benzene rings is 1. The van der Waals surface area contributed by atoms with Crippen molar-refractivity contribution in [1.29, 1.82) is 0 Å². The van der Waals surface area contributed by atoms with Gasteiger partial charge in [-0.25, -0.2) is 0 Å². The molecule has 2 nitrogen and oxygen atoms in total. The fourth-order valence-electron chi connectivity index (χ4n) is 1.96. The van der Waals surface area contributed by atoms with Crippen LogP contribution in [-0.2, 0) is 13.1 Å². The first kappa shape index (κ1) is 10.3. The van der Waals surface area contributed by atoms with Gasteiger partial charge in [-0.1, -0.05) is 18.2 Å². The normalized spacial score (nSPS) is 15.8. The van der Waals surface area contributed by atoms with E-state index in [0.29, 0.717) is 6.54 Å². The Balaban J connectivity index is 1.88. The fourth-order valence-corrected chi connectivity index (χ4v) is 3.09. The van der Waals surface area contributed by atoms with Crippen molar-refractivity contribution in [2.45, 2.75) is 32.0 Å². The van der Waals surface area contributed by atoms with E-state index in [-0.39, 0.29) is 0 Å². The Labute approximate surface area is 99.5 Å². The van der Waals surface area contributed by atoms with Gasteiger partial charge in [-0.05, 0) is 29.9 Å². The predicted molar refractivity (Wildman–Crippen MR) is 69.6 cm³/mol. The van der Waals surface area contributed by atoms with Crippen molar-refractivity contribution in [3.05, 3.63) is 34.7 Å². The smallest absolute Gasteiger partial charge is 0.0391 e. The third-order valence-electron chi connectivity index (χ3n) is 3.04. The van der Waals surface area contributed by atoms with Crippen LogP contribution < -0.4 is 11.1 Å².